The lowest BCUT2D eigenvalue weighted by Crippen LogP contribution is -2.46. The molecule has 7 nitrogen and oxygen atoms in total. The monoisotopic (exact) mass is 475 g/mol. The second-order valence-electron chi connectivity index (χ2n) is 9.86. The summed E-state index contributed by atoms with van der Waals surface area (Å²) in [7, 11) is 0. The molecule has 0 amide bonds. The van der Waals surface area contributed by atoms with Gasteiger partial charge in [0.15, 0.2) is 0 Å². The topological polar surface area (TPSA) is 99.7 Å². The Bertz CT molecular complexity index is 1180. The maximum Gasteiger partial charge on any atom is 0.312 e. The summed E-state index contributed by atoms with van der Waals surface area (Å²) < 4.78 is 5.55. The van der Waals surface area contributed by atoms with E-state index in [-0.39, 0.29) is 6.61 Å². The molecule has 1 aromatic heterocycles. The predicted octanol–water partition coefficient (Wildman–Crippen LogP) is 4.90. The van der Waals surface area contributed by atoms with Crippen molar-refractivity contribution in [2.24, 2.45) is 11.3 Å². The highest BCUT2D eigenvalue weighted by Crippen LogP contribution is 2.32. The second-order valence-corrected chi connectivity index (χ2v) is 9.86. The van der Waals surface area contributed by atoms with E-state index >= 15 is 0 Å². The van der Waals surface area contributed by atoms with E-state index < -0.39 is 11.4 Å². The van der Waals surface area contributed by atoms with Crippen LogP contribution < -0.4 is 0 Å². The van der Waals surface area contributed by atoms with Crippen molar-refractivity contribution in [2.45, 2.75) is 39.7 Å². The van der Waals surface area contributed by atoms with Gasteiger partial charge < -0.3 is 14.7 Å². The lowest BCUT2D eigenvalue weighted by Gasteiger charge is -2.37. The van der Waals surface area contributed by atoms with Crippen molar-refractivity contribution in [2.75, 3.05) is 19.7 Å². The molecule has 4 rings (SSSR count). The zero-order valence-corrected chi connectivity index (χ0v) is 20.4. The maximum atomic E-state index is 11.5. The minimum Gasteiger partial charge on any atom is -0.481 e. The van der Waals surface area contributed by atoms with E-state index in [2.05, 4.69) is 41.5 Å². The second kappa shape index (κ2) is 10.5. The Morgan fingerprint density at radius 3 is 2.46 bits per heavy atom. The van der Waals surface area contributed by atoms with Crippen molar-refractivity contribution in [3.63, 3.8) is 0 Å². The van der Waals surface area contributed by atoms with Crippen LogP contribution in [0.4, 0.5) is 0 Å². The summed E-state index contributed by atoms with van der Waals surface area (Å²) in [5.74, 6) is 0.662. The Morgan fingerprint density at radius 2 is 1.86 bits per heavy atom. The number of hydrogen-bond acceptors (Lipinski definition) is 6. The van der Waals surface area contributed by atoms with Gasteiger partial charge in [0.25, 0.3) is 5.89 Å². The highest BCUT2D eigenvalue weighted by molar-refractivity contribution is 5.75. The standard InChI is InChI=1S/C28H33N3O4/c1-4-21-16-24(10-9-23(21)15-19(2)3)26-29-25(30-35-26)22-7-5-20(6-8-22)17-31-13-11-28(18-32,12-14-31)27(33)34/h4-10,16,19,32H,1,11-15,17-18H2,2-3H3,(H,33,34). The van der Waals surface area contributed by atoms with Crippen LogP contribution in [0.25, 0.3) is 28.9 Å². The maximum absolute atomic E-state index is 11.5. The zero-order valence-electron chi connectivity index (χ0n) is 20.4. The number of aromatic nitrogens is 2. The summed E-state index contributed by atoms with van der Waals surface area (Å²) in [5, 5.41) is 23.2. The number of rotatable bonds is 9. The first-order valence-electron chi connectivity index (χ1n) is 12.1. The van der Waals surface area contributed by atoms with Gasteiger partial charge in [0.2, 0.25) is 5.82 Å². The molecule has 7 heteroatoms. The van der Waals surface area contributed by atoms with Gasteiger partial charge in [-0.1, -0.05) is 62.0 Å². The van der Waals surface area contributed by atoms with Crippen molar-refractivity contribution in [3.05, 3.63) is 65.7 Å². The van der Waals surface area contributed by atoms with Crippen LogP contribution in [0, 0.1) is 11.3 Å². The fourth-order valence-electron chi connectivity index (χ4n) is 4.60. The van der Waals surface area contributed by atoms with Gasteiger partial charge in [-0.15, -0.1) is 0 Å². The molecule has 35 heavy (non-hydrogen) atoms. The fraction of sp³-hybridized carbons (Fsp3) is 0.393. The van der Waals surface area contributed by atoms with Gasteiger partial charge in [0.1, 0.15) is 0 Å². The first kappa shape index (κ1) is 24.8. The van der Waals surface area contributed by atoms with Crippen LogP contribution in [-0.4, -0.2) is 50.9 Å². The molecular weight excluding hydrogens is 442 g/mol. The molecule has 184 valence electrons. The average Bonchev–Trinajstić information content (AvgIpc) is 3.35. The average molecular weight is 476 g/mol. The van der Waals surface area contributed by atoms with E-state index in [9.17, 15) is 15.0 Å². The molecule has 1 aliphatic rings. The van der Waals surface area contributed by atoms with Crippen molar-refractivity contribution in [3.8, 4) is 22.8 Å². The van der Waals surface area contributed by atoms with Crippen molar-refractivity contribution in [1.29, 1.82) is 0 Å². The highest BCUT2D eigenvalue weighted by Gasteiger charge is 2.40. The Labute approximate surface area is 206 Å². The Morgan fingerprint density at radius 1 is 1.17 bits per heavy atom. The van der Waals surface area contributed by atoms with E-state index in [1.807, 2.05) is 42.5 Å². The molecular formula is C28H33N3O4. The van der Waals surface area contributed by atoms with Crippen LogP contribution in [-0.2, 0) is 17.8 Å². The van der Waals surface area contributed by atoms with Crippen LogP contribution in [0.15, 0.2) is 53.6 Å². The first-order chi connectivity index (χ1) is 16.8. The molecule has 0 unspecified atom stereocenters. The summed E-state index contributed by atoms with van der Waals surface area (Å²) in [5.41, 5.74) is 4.20. The number of carboxylic acid groups (broad SMARTS) is 1. The lowest BCUT2D eigenvalue weighted by atomic mass is 9.79. The predicted molar refractivity (Wildman–Crippen MR) is 135 cm³/mol. The summed E-state index contributed by atoms with van der Waals surface area (Å²) in [6, 6.07) is 14.2. The molecule has 0 radical (unpaired) electrons. The van der Waals surface area contributed by atoms with Gasteiger partial charge >= 0.3 is 5.97 Å². The highest BCUT2D eigenvalue weighted by atomic mass is 16.5. The van der Waals surface area contributed by atoms with Crippen molar-refractivity contribution < 1.29 is 19.5 Å². The third-order valence-corrected chi connectivity index (χ3v) is 6.85. The molecule has 0 bridgehead atoms. The lowest BCUT2D eigenvalue weighted by molar-refractivity contribution is -0.155. The largest absolute Gasteiger partial charge is 0.481 e. The summed E-state index contributed by atoms with van der Waals surface area (Å²) in [4.78, 5) is 18.3. The van der Waals surface area contributed by atoms with Crippen LogP contribution >= 0.6 is 0 Å². The third-order valence-electron chi connectivity index (χ3n) is 6.85. The minimum absolute atomic E-state index is 0.311. The van der Waals surface area contributed by atoms with E-state index in [1.165, 1.54) is 5.56 Å². The number of carbonyl (C=O) groups is 1. The number of aliphatic hydroxyl groups excluding tert-OH is 1. The normalized spacial score (nSPS) is 15.9. The first-order valence-corrected chi connectivity index (χ1v) is 12.1. The van der Waals surface area contributed by atoms with Gasteiger partial charge in [-0.2, -0.15) is 4.98 Å². The van der Waals surface area contributed by atoms with Gasteiger partial charge in [0.05, 0.1) is 12.0 Å². The van der Waals surface area contributed by atoms with Crippen molar-refractivity contribution in [1.82, 2.24) is 15.0 Å². The van der Waals surface area contributed by atoms with Crippen LogP contribution in [0.5, 0.6) is 0 Å². The van der Waals surface area contributed by atoms with E-state index in [4.69, 9.17) is 4.52 Å². The van der Waals surface area contributed by atoms with Crippen LogP contribution in [0.2, 0.25) is 0 Å². The van der Waals surface area contributed by atoms with Gasteiger partial charge in [0, 0.05) is 17.7 Å². The number of piperidine rings is 1. The molecule has 1 fully saturated rings. The fourth-order valence-corrected chi connectivity index (χ4v) is 4.60. The molecule has 2 N–H and O–H groups in total. The molecule has 0 atom stereocenters. The van der Waals surface area contributed by atoms with Gasteiger partial charge in [-0.3, -0.25) is 9.69 Å². The number of aliphatic hydroxyl groups is 1. The quantitative estimate of drug-likeness (QED) is 0.454. The van der Waals surface area contributed by atoms with E-state index in [0.717, 1.165) is 35.2 Å². The summed E-state index contributed by atoms with van der Waals surface area (Å²) in [6.45, 7) is 10.1. The number of carboxylic acids is 1. The molecule has 2 aromatic carbocycles. The van der Waals surface area contributed by atoms with E-state index in [1.54, 1.807) is 0 Å². The molecule has 2 heterocycles. The summed E-state index contributed by atoms with van der Waals surface area (Å²) in [6.07, 6.45) is 3.76. The smallest absolute Gasteiger partial charge is 0.312 e. The summed E-state index contributed by atoms with van der Waals surface area (Å²) >= 11 is 0. The SMILES string of the molecule is C=Cc1cc(-c2nc(-c3ccc(CN4CCC(CO)(C(=O)O)CC4)cc3)no2)ccc1CC(C)C. The third kappa shape index (κ3) is 5.52. The molecule has 0 aliphatic carbocycles. The van der Waals surface area contributed by atoms with Crippen LogP contribution in [0.1, 0.15) is 43.4 Å². The van der Waals surface area contributed by atoms with E-state index in [0.29, 0.717) is 43.6 Å². The van der Waals surface area contributed by atoms with Gasteiger partial charge in [-0.25, -0.2) is 0 Å². The Hall–Kier alpha value is -3.29. The van der Waals surface area contributed by atoms with Crippen LogP contribution in [0.3, 0.4) is 0 Å². The molecule has 0 spiro atoms. The number of nitrogens with zero attached hydrogens (tertiary/aromatic N) is 3. The molecule has 1 aliphatic heterocycles. The van der Waals surface area contributed by atoms with Crippen molar-refractivity contribution >= 4 is 12.0 Å². The number of likely N-dealkylation sites (tertiary alicyclic amines) is 1. The molecule has 0 saturated carbocycles. The molecule has 1 saturated heterocycles. The Balaban J connectivity index is 1.42. The number of benzene rings is 2. The Kier molecular flexibility index (Phi) is 7.48. The minimum atomic E-state index is -1.00. The number of hydrogen-bond donors (Lipinski definition) is 2. The number of aliphatic carboxylic acids is 1. The molecule has 3 aromatic rings. The zero-order chi connectivity index (χ0) is 25.0. The van der Waals surface area contributed by atoms with Gasteiger partial charge in [-0.05, 0) is 67.1 Å².